The quantitative estimate of drug-likeness (QED) is 0.650. The Morgan fingerprint density at radius 3 is 2.69 bits per heavy atom. The summed E-state index contributed by atoms with van der Waals surface area (Å²) in [6.45, 7) is 2.94. The molecule has 5 nitrogen and oxygen atoms in total. The summed E-state index contributed by atoms with van der Waals surface area (Å²) in [5.41, 5.74) is 5.15. The van der Waals surface area contributed by atoms with E-state index in [4.69, 9.17) is 4.74 Å². The Morgan fingerprint density at radius 1 is 1.24 bits per heavy atom. The fraction of sp³-hybridized carbons (Fsp3) is 0.375. The minimum atomic E-state index is -0.876. The van der Waals surface area contributed by atoms with E-state index in [0.29, 0.717) is 17.6 Å². The first-order chi connectivity index (χ1) is 14.1. The summed E-state index contributed by atoms with van der Waals surface area (Å²) in [7, 11) is 1.75. The Morgan fingerprint density at radius 2 is 2.03 bits per heavy atom. The van der Waals surface area contributed by atoms with Crippen LogP contribution in [0.3, 0.4) is 0 Å². The maximum absolute atomic E-state index is 11.2. The van der Waals surface area contributed by atoms with Gasteiger partial charge in [-0.1, -0.05) is 12.1 Å². The fourth-order valence-corrected chi connectivity index (χ4v) is 5.28. The van der Waals surface area contributed by atoms with E-state index >= 15 is 0 Å². The number of nitrogens with zero attached hydrogens (tertiary/aromatic N) is 1. The van der Waals surface area contributed by atoms with Gasteiger partial charge in [-0.05, 0) is 67.5 Å². The highest BCUT2D eigenvalue weighted by Gasteiger charge is 2.46. The Kier molecular flexibility index (Phi) is 4.36. The third-order valence-corrected chi connectivity index (χ3v) is 6.94. The number of aromatic amines is 1. The number of ether oxygens (including phenoxy) is 1. The van der Waals surface area contributed by atoms with Crippen LogP contribution in [0.5, 0.6) is 5.75 Å². The molecule has 29 heavy (non-hydrogen) atoms. The first-order valence-electron chi connectivity index (χ1n) is 10.3. The summed E-state index contributed by atoms with van der Waals surface area (Å²) in [6.07, 6.45) is 5.66. The number of carbonyl (C=O) groups is 1. The zero-order valence-corrected chi connectivity index (χ0v) is 16.8. The van der Waals surface area contributed by atoms with E-state index in [-0.39, 0.29) is 0 Å². The van der Waals surface area contributed by atoms with Crippen molar-refractivity contribution in [3.63, 3.8) is 0 Å². The maximum atomic E-state index is 11.2. The molecule has 3 unspecified atom stereocenters. The van der Waals surface area contributed by atoms with Crippen molar-refractivity contribution < 1.29 is 14.6 Å². The smallest absolute Gasteiger partial charge is 0.335 e. The molecule has 2 heterocycles. The van der Waals surface area contributed by atoms with E-state index in [0.717, 1.165) is 24.6 Å². The summed E-state index contributed by atoms with van der Waals surface area (Å²) >= 11 is 0. The van der Waals surface area contributed by atoms with Crippen LogP contribution < -0.4 is 4.74 Å². The molecule has 5 rings (SSSR count). The molecule has 1 aliphatic carbocycles. The molecule has 1 saturated heterocycles. The number of carboxylic acid groups (broad SMARTS) is 1. The van der Waals surface area contributed by atoms with Gasteiger partial charge in [0.25, 0.3) is 0 Å². The summed E-state index contributed by atoms with van der Waals surface area (Å²) in [6, 6.07) is 12.6. The molecular weight excluding hydrogens is 364 g/mol. The third kappa shape index (κ3) is 2.92. The van der Waals surface area contributed by atoms with Crippen molar-refractivity contribution in [2.24, 2.45) is 5.92 Å². The molecular formula is C24H26N2O3. The molecule has 2 fully saturated rings. The molecule has 150 valence electrons. The lowest BCUT2D eigenvalue weighted by Gasteiger charge is -2.38. The fourth-order valence-electron chi connectivity index (χ4n) is 5.28. The molecule has 2 N–H and O–H groups in total. The second-order valence-electron chi connectivity index (χ2n) is 8.40. The number of likely N-dealkylation sites (tertiary alicyclic amines) is 1. The Bertz CT molecular complexity index is 1070. The highest BCUT2D eigenvalue weighted by molar-refractivity contribution is 5.88. The highest BCUT2D eigenvalue weighted by atomic mass is 16.5. The minimum Gasteiger partial charge on any atom is -0.496 e. The number of carboxylic acids is 1. The molecule has 1 saturated carbocycles. The van der Waals surface area contributed by atoms with Crippen LogP contribution in [0, 0.1) is 12.8 Å². The number of methoxy groups -OCH3 is 1. The van der Waals surface area contributed by atoms with Gasteiger partial charge in [0, 0.05) is 41.3 Å². The summed E-state index contributed by atoms with van der Waals surface area (Å²) in [4.78, 5) is 17.2. The Balaban J connectivity index is 1.52. The molecule has 0 bridgehead atoms. The van der Waals surface area contributed by atoms with Gasteiger partial charge < -0.3 is 14.8 Å². The SMILES string of the molecule is COc1cc(C)c2[nH]ccc2c1CN1C(c2ccc(C(=O)O)cc2)CC2CCC21. The van der Waals surface area contributed by atoms with Crippen LogP contribution in [0.25, 0.3) is 10.9 Å². The molecule has 1 aromatic heterocycles. The van der Waals surface area contributed by atoms with E-state index in [1.807, 2.05) is 18.3 Å². The first-order valence-corrected chi connectivity index (χ1v) is 10.3. The van der Waals surface area contributed by atoms with E-state index in [9.17, 15) is 9.90 Å². The molecule has 1 aliphatic heterocycles. The molecule has 5 heteroatoms. The predicted molar refractivity (Wildman–Crippen MR) is 112 cm³/mol. The van der Waals surface area contributed by atoms with Crippen molar-refractivity contribution in [1.82, 2.24) is 9.88 Å². The standard InChI is InChI=1S/C24H26N2O3/c1-14-11-22(29-2)19(18-9-10-25-23(14)18)13-26-20-8-7-17(20)12-21(26)15-3-5-16(6-4-15)24(27)28/h3-6,9-11,17,20-21,25H,7-8,12-13H2,1-2H3,(H,27,28). The molecule has 0 spiro atoms. The van der Waals surface area contributed by atoms with Crippen LogP contribution in [-0.2, 0) is 6.54 Å². The molecule has 0 amide bonds. The molecule has 3 atom stereocenters. The molecule has 3 aromatic rings. The highest BCUT2D eigenvalue weighted by Crippen LogP contribution is 2.51. The van der Waals surface area contributed by atoms with Crippen LogP contribution in [0.4, 0.5) is 0 Å². The number of aromatic nitrogens is 1. The molecule has 2 aliphatic rings. The van der Waals surface area contributed by atoms with Crippen molar-refractivity contribution in [2.45, 2.75) is 44.8 Å². The third-order valence-electron chi connectivity index (χ3n) is 6.94. The number of rotatable bonds is 5. The van der Waals surface area contributed by atoms with Crippen LogP contribution in [0.1, 0.15) is 52.4 Å². The number of nitrogens with one attached hydrogen (secondary N) is 1. The van der Waals surface area contributed by atoms with E-state index in [1.165, 1.54) is 40.4 Å². The Hall–Kier alpha value is -2.79. The number of aryl methyl sites for hydroxylation is 1. The van der Waals surface area contributed by atoms with Crippen molar-refractivity contribution >= 4 is 16.9 Å². The molecule has 0 radical (unpaired) electrons. The number of hydrogen-bond donors (Lipinski definition) is 2. The zero-order valence-electron chi connectivity index (χ0n) is 16.8. The van der Waals surface area contributed by atoms with Crippen molar-refractivity contribution in [1.29, 1.82) is 0 Å². The van der Waals surface area contributed by atoms with E-state index in [1.54, 1.807) is 19.2 Å². The predicted octanol–water partition coefficient (Wildman–Crippen LogP) is 4.91. The second kappa shape index (κ2) is 6.92. The van der Waals surface area contributed by atoms with Gasteiger partial charge in [0.15, 0.2) is 0 Å². The number of fused-ring (bicyclic) bond motifs is 2. The lowest BCUT2D eigenvalue weighted by atomic mass is 9.79. The first kappa shape index (κ1) is 18.3. The lowest BCUT2D eigenvalue weighted by Crippen LogP contribution is -2.39. The summed E-state index contributed by atoms with van der Waals surface area (Å²) in [5.74, 6) is 0.800. The summed E-state index contributed by atoms with van der Waals surface area (Å²) in [5, 5.41) is 10.4. The number of H-pyrrole nitrogens is 1. The van der Waals surface area contributed by atoms with Gasteiger partial charge in [0.1, 0.15) is 5.75 Å². The van der Waals surface area contributed by atoms with Gasteiger partial charge in [-0.2, -0.15) is 0 Å². The number of benzene rings is 2. The van der Waals surface area contributed by atoms with Gasteiger partial charge in [0.05, 0.1) is 12.7 Å². The van der Waals surface area contributed by atoms with Crippen LogP contribution in [0.15, 0.2) is 42.6 Å². The van der Waals surface area contributed by atoms with Crippen molar-refractivity contribution in [3.8, 4) is 5.75 Å². The topological polar surface area (TPSA) is 65.6 Å². The Labute approximate surface area is 170 Å². The van der Waals surface area contributed by atoms with Gasteiger partial charge in [-0.15, -0.1) is 0 Å². The van der Waals surface area contributed by atoms with E-state index < -0.39 is 5.97 Å². The second-order valence-corrected chi connectivity index (χ2v) is 8.40. The van der Waals surface area contributed by atoms with Gasteiger partial charge in [0.2, 0.25) is 0 Å². The maximum Gasteiger partial charge on any atom is 0.335 e. The largest absolute Gasteiger partial charge is 0.496 e. The minimum absolute atomic E-state index is 0.315. The number of aromatic carboxylic acids is 1. The number of hydrogen-bond acceptors (Lipinski definition) is 3. The van der Waals surface area contributed by atoms with Crippen molar-refractivity contribution in [3.05, 3.63) is 64.8 Å². The average Bonchev–Trinajstić information content (AvgIpc) is 3.27. The monoisotopic (exact) mass is 390 g/mol. The van der Waals surface area contributed by atoms with Gasteiger partial charge in [-0.3, -0.25) is 4.90 Å². The van der Waals surface area contributed by atoms with Gasteiger partial charge >= 0.3 is 5.97 Å². The van der Waals surface area contributed by atoms with Crippen LogP contribution in [-0.4, -0.2) is 34.1 Å². The van der Waals surface area contributed by atoms with Crippen molar-refractivity contribution in [2.75, 3.05) is 7.11 Å². The van der Waals surface area contributed by atoms with E-state index in [2.05, 4.69) is 28.9 Å². The molecule has 2 aromatic carbocycles. The van der Waals surface area contributed by atoms with Crippen LogP contribution >= 0.6 is 0 Å². The van der Waals surface area contributed by atoms with Gasteiger partial charge in [-0.25, -0.2) is 4.79 Å². The lowest BCUT2D eigenvalue weighted by molar-refractivity contribution is 0.0696. The normalized spacial score (nSPS) is 23.7. The average molecular weight is 390 g/mol. The zero-order chi connectivity index (χ0) is 20.1. The summed E-state index contributed by atoms with van der Waals surface area (Å²) < 4.78 is 5.77. The van der Waals surface area contributed by atoms with Crippen LogP contribution in [0.2, 0.25) is 0 Å².